The Morgan fingerprint density at radius 1 is 1.50 bits per heavy atom. The highest BCUT2D eigenvalue weighted by Gasteiger charge is 2.09. The number of nitrogens with zero attached hydrogens (tertiary/aromatic N) is 2. The summed E-state index contributed by atoms with van der Waals surface area (Å²) in [4.78, 5) is 22.3. The van der Waals surface area contributed by atoms with E-state index in [0.717, 1.165) is 22.9 Å². The van der Waals surface area contributed by atoms with Crippen LogP contribution in [0.3, 0.4) is 0 Å². The van der Waals surface area contributed by atoms with Crippen LogP contribution in [0, 0.1) is 6.92 Å². The Labute approximate surface area is 121 Å². The highest BCUT2D eigenvalue weighted by atomic mass is 32.2. The molecule has 2 aromatic heterocycles. The minimum absolute atomic E-state index is 0.195. The molecule has 0 amide bonds. The number of aromatic nitrogens is 3. The number of anilines is 1. The lowest BCUT2D eigenvalue weighted by molar-refractivity contribution is 0.0697. The molecule has 0 unspecified atom stereocenters. The molecular weight excluding hydrogens is 276 g/mol. The highest BCUT2D eigenvalue weighted by Crippen LogP contribution is 2.14. The molecule has 0 fully saturated rings. The van der Waals surface area contributed by atoms with Gasteiger partial charge in [0, 0.05) is 29.9 Å². The molecule has 0 saturated carbocycles. The SMILES string of the molecule is Cc1[nH]cnc1CSCCNc1ncccc1C(=O)O. The zero-order valence-corrected chi connectivity index (χ0v) is 11.9. The Balaban J connectivity index is 1.76. The second-order valence-electron chi connectivity index (χ2n) is 4.16. The van der Waals surface area contributed by atoms with E-state index in [1.165, 1.54) is 6.07 Å². The molecular formula is C13H16N4O2S. The molecule has 0 aliphatic heterocycles. The van der Waals surface area contributed by atoms with E-state index in [9.17, 15) is 4.79 Å². The molecule has 0 radical (unpaired) electrons. The van der Waals surface area contributed by atoms with Gasteiger partial charge in [-0.15, -0.1) is 0 Å². The number of imidazole rings is 1. The second kappa shape index (κ2) is 6.95. The van der Waals surface area contributed by atoms with Crippen LogP contribution in [0.5, 0.6) is 0 Å². The monoisotopic (exact) mass is 292 g/mol. The van der Waals surface area contributed by atoms with Crippen molar-refractivity contribution in [3.63, 3.8) is 0 Å². The predicted molar refractivity (Wildman–Crippen MR) is 79.2 cm³/mol. The number of H-pyrrole nitrogens is 1. The number of rotatable bonds is 7. The summed E-state index contributed by atoms with van der Waals surface area (Å²) in [6, 6.07) is 3.15. The Bertz CT molecular complexity index is 585. The first kappa shape index (κ1) is 14.4. The van der Waals surface area contributed by atoms with Crippen LogP contribution >= 0.6 is 11.8 Å². The average molecular weight is 292 g/mol. The van der Waals surface area contributed by atoms with Gasteiger partial charge in [0.05, 0.1) is 12.0 Å². The van der Waals surface area contributed by atoms with Gasteiger partial charge >= 0.3 is 5.97 Å². The molecule has 0 aliphatic carbocycles. The van der Waals surface area contributed by atoms with E-state index < -0.39 is 5.97 Å². The van der Waals surface area contributed by atoms with E-state index in [-0.39, 0.29) is 5.56 Å². The van der Waals surface area contributed by atoms with Crippen molar-refractivity contribution < 1.29 is 9.90 Å². The number of thioether (sulfide) groups is 1. The molecule has 0 saturated heterocycles. The van der Waals surface area contributed by atoms with Gasteiger partial charge in [0.2, 0.25) is 0 Å². The number of aryl methyl sites for hydroxylation is 1. The second-order valence-corrected chi connectivity index (χ2v) is 5.26. The van der Waals surface area contributed by atoms with Crippen LogP contribution in [0.4, 0.5) is 5.82 Å². The van der Waals surface area contributed by atoms with Crippen molar-refractivity contribution in [1.82, 2.24) is 15.0 Å². The van der Waals surface area contributed by atoms with Gasteiger partial charge in [0.15, 0.2) is 0 Å². The minimum Gasteiger partial charge on any atom is -0.478 e. The third-order valence-corrected chi connectivity index (χ3v) is 3.72. The molecule has 3 N–H and O–H groups in total. The van der Waals surface area contributed by atoms with Crippen LogP contribution in [-0.2, 0) is 5.75 Å². The van der Waals surface area contributed by atoms with Gasteiger partial charge in [-0.05, 0) is 19.1 Å². The molecule has 20 heavy (non-hydrogen) atoms. The maximum absolute atomic E-state index is 11.0. The standard InChI is InChI=1S/C13H16N4O2S/c1-9-11(17-8-16-9)7-20-6-5-15-12-10(13(18)19)3-2-4-14-12/h2-4,8H,5-7H2,1H3,(H,14,15)(H,16,17)(H,18,19). The number of aromatic amines is 1. The van der Waals surface area contributed by atoms with E-state index in [1.54, 1.807) is 30.4 Å². The number of hydrogen-bond acceptors (Lipinski definition) is 5. The Kier molecular flexibility index (Phi) is 5.00. The van der Waals surface area contributed by atoms with Gasteiger partial charge in [0.1, 0.15) is 11.4 Å². The number of hydrogen-bond donors (Lipinski definition) is 3. The first-order valence-electron chi connectivity index (χ1n) is 6.17. The fourth-order valence-corrected chi connectivity index (χ4v) is 2.54. The van der Waals surface area contributed by atoms with Crippen LogP contribution in [0.25, 0.3) is 0 Å². The molecule has 106 valence electrons. The maximum atomic E-state index is 11.0. The molecule has 7 heteroatoms. The van der Waals surface area contributed by atoms with Crippen LogP contribution < -0.4 is 5.32 Å². The minimum atomic E-state index is -0.972. The number of pyridine rings is 1. The lowest BCUT2D eigenvalue weighted by atomic mass is 10.2. The van der Waals surface area contributed by atoms with Gasteiger partial charge in [-0.25, -0.2) is 14.8 Å². The predicted octanol–water partition coefficient (Wildman–Crippen LogP) is 2.16. The van der Waals surface area contributed by atoms with Crippen LogP contribution in [-0.4, -0.2) is 38.3 Å². The van der Waals surface area contributed by atoms with Gasteiger partial charge < -0.3 is 15.4 Å². The van der Waals surface area contributed by atoms with E-state index in [4.69, 9.17) is 5.11 Å². The van der Waals surface area contributed by atoms with Crippen molar-refractivity contribution in [2.75, 3.05) is 17.6 Å². The molecule has 0 spiro atoms. The summed E-state index contributed by atoms with van der Waals surface area (Å²) in [5.74, 6) is 1.13. The highest BCUT2D eigenvalue weighted by molar-refractivity contribution is 7.98. The summed E-state index contributed by atoms with van der Waals surface area (Å²) in [5.41, 5.74) is 2.34. The fraction of sp³-hybridized carbons (Fsp3) is 0.308. The largest absolute Gasteiger partial charge is 0.478 e. The number of carboxylic acids is 1. The normalized spacial score (nSPS) is 10.4. The molecule has 0 atom stereocenters. The lowest BCUT2D eigenvalue weighted by Gasteiger charge is -2.07. The fourth-order valence-electron chi connectivity index (χ4n) is 1.66. The lowest BCUT2D eigenvalue weighted by Crippen LogP contribution is -2.10. The molecule has 2 heterocycles. The third kappa shape index (κ3) is 3.74. The van der Waals surface area contributed by atoms with E-state index in [0.29, 0.717) is 12.4 Å². The Morgan fingerprint density at radius 2 is 2.35 bits per heavy atom. The van der Waals surface area contributed by atoms with Crippen molar-refractivity contribution >= 4 is 23.5 Å². The zero-order valence-electron chi connectivity index (χ0n) is 11.1. The first-order valence-corrected chi connectivity index (χ1v) is 7.32. The van der Waals surface area contributed by atoms with Crippen molar-refractivity contribution in [2.24, 2.45) is 0 Å². The number of carboxylic acid groups (broad SMARTS) is 1. The first-order chi connectivity index (χ1) is 9.68. The van der Waals surface area contributed by atoms with Crippen molar-refractivity contribution in [2.45, 2.75) is 12.7 Å². The quantitative estimate of drug-likeness (QED) is 0.677. The van der Waals surface area contributed by atoms with Crippen molar-refractivity contribution in [3.05, 3.63) is 41.6 Å². The van der Waals surface area contributed by atoms with E-state index >= 15 is 0 Å². The average Bonchev–Trinajstić information content (AvgIpc) is 2.84. The summed E-state index contributed by atoms with van der Waals surface area (Å²) in [6.07, 6.45) is 3.27. The Hall–Kier alpha value is -2.02. The van der Waals surface area contributed by atoms with Crippen LogP contribution in [0.15, 0.2) is 24.7 Å². The van der Waals surface area contributed by atoms with Gasteiger partial charge in [0.25, 0.3) is 0 Å². The summed E-state index contributed by atoms with van der Waals surface area (Å²) >= 11 is 1.74. The molecule has 0 aromatic carbocycles. The van der Waals surface area contributed by atoms with E-state index in [1.807, 2.05) is 6.92 Å². The molecule has 6 nitrogen and oxygen atoms in total. The summed E-state index contributed by atoms with van der Waals surface area (Å²) in [7, 11) is 0. The van der Waals surface area contributed by atoms with Crippen LogP contribution in [0.1, 0.15) is 21.7 Å². The number of aromatic carboxylic acids is 1. The molecule has 0 bridgehead atoms. The number of nitrogens with one attached hydrogen (secondary N) is 2. The maximum Gasteiger partial charge on any atom is 0.339 e. The zero-order chi connectivity index (χ0) is 14.4. The van der Waals surface area contributed by atoms with Gasteiger partial charge in [-0.3, -0.25) is 0 Å². The van der Waals surface area contributed by atoms with Gasteiger partial charge in [-0.2, -0.15) is 11.8 Å². The molecule has 0 aliphatic rings. The van der Waals surface area contributed by atoms with Gasteiger partial charge in [-0.1, -0.05) is 0 Å². The summed E-state index contributed by atoms with van der Waals surface area (Å²) in [5, 5.41) is 12.1. The summed E-state index contributed by atoms with van der Waals surface area (Å²) in [6.45, 7) is 2.65. The Morgan fingerprint density at radius 3 is 3.05 bits per heavy atom. The molecule has 2 rings (SSSR count). The van der Waals surface area contributed by atoms with E-state index in [2.05, 4.69) is 20.3 Å². The third-order valence-electron chi connectivity index (χ3n) is 2.75. The molecule has 2 aromatic rings. The van der Waals surface area contributed by atoms with Crippen LogP contribution in [0.2, 0.25) is 0 Å². The van der Waals surface area contributed by atoms with Crippen molar-refractivity contribution in [3.8, 4) is 0 Å². The topological polar surface area (TPSA) is 90.9 Å². The summed E-state index contributed by atoms with van der Waals surface area (Å²) < 4.78 is 0. The van der Waals surface area contributed by atoms with Crippen molar-refractivity contribution in [1.29, 1.82) is 0 Å². The number of carbonyl (C=O) groups is 1. The smallest absolute Gasteiger partial charge is 0.339 e.